The maximum Gasteiger partial charge on any atom is 0.415 e. The molecule has 3 aliphatic rings. The van der Waals surface area contributed by atoms with E-state index in [9.17, 15) is 18.0 Å². The smallest absolute Gasteiger partial charge is 0.415 e. The van der Waals surface area contributed by atoms with E-state index in [1.54, 1.807) is 11.8 Å². The van der Waals surface area contributed by atoms with Gasteiger partial charge in [-0.05, 0) is 66.6 Å². The highest BCUT2D eigenvalue weighted by Crippen LogP contribution is 2.37. The highest BCUT2D eigenvalue weighted by Gasteiger charge is 2.47. The molecule has 0 aliphatic carbocycles. The molecule has 3 aromatic rings. The van der Waals surface area contributed by atoms with Crippen molar-refractivity contribution in [2.24, 2.45) is 5.92 Å². The van der Waals surface area contributed by atoms with Gasteiger partial charge in [0.05, 0.1) is 26.2 Å². The second kappa shape index (κ2) is 12.0. The van der Waals surface area contributed by atoms with Crippen LogP contribution in [0.1, 0.15) is 30.4 Å². The van der Waals surface area contributed by atoms with Gasteiger partial charge in [-0.3, -0.25) is 4.90 Å². The van der Waals surface area contributed by atoms with Crippen molar-refractivity contribution < 1.29 is 27.2 Å². The van der Waals surface area contributed by atoms with Crippen molar-refractivity contribution in [2.75, 3.05) is 36.8 Å². The summed E-state index contributed by atoms with van der Waals surface area (Å²) in [5.74, 6) is -0.785. The minimum atomic E-state index is -0.938. The topological polar surface area (TPSA) is 29.5 Å². The molecule has 1 atom stereocenters. The number of halogens is 3. The molecule has 3 aliphatic heterocycles. The van der Waals surface area contributed by atoms with Gasteiger partial charge in [-0.1, -0.05) is 18.2 Å². The average Bonchev–Trinajstić information content (AvgIpc) is 2.93. The Morgan fingerprint density at radius 2 is 1.77 bits per heavy atom. The van der Waals surface area contributed by atoms with Gasteiger partial charge < -0.3 is 9.22 Å². The highest BCUT2D eigenvalue weighted by molar-refractivity contribution is 7.99. The second-order valence-electron chi connectivity index (χ2n) is 10.8. The molecular weight excluding hydrogens is 521 g/mol. The van der Waals surface area contributed by atoms with Crippen LogP contribution in [0.2, 0.25) is 0 Å². The first-order valence-corrected chi connectivity index (χ1v) is 14.5. The van der Waals surface area contributed by atoms with E-state index in [1.807, 2.05) is 43.3 Å². The molecule has 0 radical (unpaired) electrons. The molecule has 2 bridgehead atoms. The van der Waals surface area contributed by atoms with Crippen LogP contribution in [0.15, 0.2) is 71.6 Å². The van der Waals surface area contributed by atoms with Gasteiger partial charge in [-0.25, -0.2) is 18.0 Å². The zero-order valence-corrected chi connectivity index (χ0v) is 22.9. The maximum absolute atomic E-state index is 13.9. The van der Waals surface area contributed by atoms with Crippen molar-refractivity contribution in [3.05, 3.63) is 95.3 Å². The van der Waals surface area contributed by atoms with Gasteiger partial charge in [0.25, 0.3) is 0 Å². The van der Waals surface area contributed by atoms with Crippen LogP contribution in [0.4, 0.5) is 23.7 Å². The summed E-state index contributed by atoms with van der Waals surface area (Å²) in [6, 6.07) is 17.9. The van der Waals surface area contributed by atoms with Crippen molar-refractivity contribution >= 4 is 23.5 Å². The Balaban J connectivity index is 1.24. The van der Waals surface area contributed by atoms with Crippen LogP contribution in [0.25, 0.3) is 0 Å². The average molecular weight is 556 g/mol. The summed E-state index contributed by atoms with van der Waals surface area (Å²) in [7, 11) is 0. The van der Waals surface area contributed by atoms with E-state index in [4.69, 9.17) is 4.74 Å². The monoisotopic (exact) mass is 555 g/mol. The summed E-state index contributed by atoms with van der Waals surface area (Å²) in [4.78, 5) is 16.2. The number of nitrogens with zero attached hydrogens (tertiary/aromatic N) is 2. The summed E-state index contributed by atoms with van der Waals surface area (Å²) < 4.78 is 47.7. The van der Waals surface area contributed by atoms with Crippen LogP contribution < -0.4 is 4.90 Å². The number of amides is 1. The molecule has 0 aromatic heterocycles. The predicted octanol–water partition coefficient (Wildman–Crippen LogP) is 7.35. The van der Waals surface area contributed by atoms with E-state index >= 15 is 0 Å². The lowest BCUT2D eigenvalue weighted by atomic mass is 9.83. The Morgan fingerprint density at radius 1 is 1.00 bits per heavy atom. The van der Waals surface area contributed by atoms with E-state index in [-0.39, 0.29) is 18.5 Å². The van der Waals surface area contributed by atoms with Crippen LogP contribution >= 0.6 is 11.8 Å². The van der Waals surface area contributed by atoms with Gasteiger partial charge in [0, 0.05) is 41.5 Å². The molecule has 8 heteroatoms. The highest BCUT2D eigenvalue weighted by atomic mass is 32.2. The van der Waals surface area contributed by atoms with E-state index in [0.717, 1.165) is 78.3 Å². The number of anilines is 1. The number of hydrogen-bond donors (Lipinski definition) is 0. The molecule has 0 saturated carbocycles. The number of quaternary nitrogens is 1. The Labute approximate surface area is 232 Å². The quantitative estimate of drug-likeness (QED) is 0.157. The van der Waals surface area contributed by atoms with Crippen LogP contribution in [-0.2, 0) is 11.3 Å². The first-order chi connectivity index (χ1) is 18.8. The number of ether oxygens (including phenoxy) is 1. The third-order valence-electron chi connectivity index (χ3n) is 8.01. The van der Waals surface area contributed by atoms with Gasteiger partial charge >= 0.3 is 6.09 Å². The number of aryl methyl sites for hydroxylation is 1. The first-order valence-electron chi connectivity index (χ1n) is 13.5. The molecule has 3 aromatic carbocycles. The zero-order valence-electron chi connectivity index (χ0n) is 22.1. The van der Waals surface area contributed by atoms with Crippen LogP contribution in [0, 0.1) is 30.3 Å². The summed E-state index contributed by atoms with van der Waals surface area (Å²) >= 11 is 1.74. The number of fused-ring (bicyclic) bond motifs is 3. The molecule has 206 valence electrons. The van der Waals surface area contributed by atoms with Gasteiger partial charge in [-0.15, -0.1) is 11.8 Å². The van der Waals surface area contributed by atoms with Crippen molar-refractivity contribution in [3.8, 4) is 0 Å². The van der Waals surface area contributed by atoms with Gasteiger partial charge in [0.15, 0.2) is 17.7 Å². The Bertz CT molecular complexity index is 1300. The first kappa shape index (κ1) is 27.6. The minimum absolute atomic E-state index is 0.0808. The van der Waals surface area contributed by atoms with Crippen LogP contribution in [0.3, 0.4) is 0 Å². The molecule has 1 amide bonds. The molecule has 3 heterocycles. The van der Waals surface area contributed by atoms with E-state index in [2.05, 4.69) is 0 Å². The SMILES string of the molecule is Cc1cccc(N(Cc2ccc(F)c(F)c2)C(=O)O[C@H]2C[N+]3(CCCSc4ccc(F)cc4)CCC2CC3)c1. The maximum atomic E-state index is 13.9. The molecule has 6 rings (SSSR count). The fraction of sp³-hybridized carbons (Fsp3) is 0.387. The normalized spacial score (nSPS) is 22.1. The lowest BCUT2D eigenvalue weighted by molar-refractivity contribution is -0.946. The number of rotatable bonds is 9. The Kier molecular flexibility index (Phi) is 8.52. The third-order valence-corrected chi connectivity index (χ3v) is 9.11. The van der Waals surface area contributed by atoms with E-state index < -0.39 is 17.7 Å². The molecule has 0 unspecified atom stereocenters. The second-order valence-corrected chi connectivity index (χ2v) is 12.0. The zero-order chi connectivity index (χ0) is 27.4. The van der Waals surface area contributed by atoms with Crippen molar-refractivity contribution in [2.45, 2.75) is 43.7 Å². The molecular formula is C31H34F3N2O2S+. The van der Waals surface area contributed by atoms with Crippen molar-refractivity contribution in [1.29, 1.82) is 0 Å². The summed E-state index contributed by atoms with van der Waals surface area (Å²) in [5.41, 5.74) is 2.14. The van der Waals surface area contributed by atoms with Crippen molar-refractivity contribution in [1.82, 2.24) is 0 Å². The number of carbonyl (C=O) groups is 1. The molecule has 0 spiro atoms. The van der Waals surface area contributed by atoms with E-state index in [0.29, 0.717) is 17.2 Å². The summed E-state index contributed by atoms with van der Waals surface area (Å²) in [5, 5.41) is 0. The largest absolute Gasteiger partial charge is 0.440 e. The van der Waals surface area contributed by atoms with Crippen LogP contribution in [-0.4, -0.2) is 48.6 Å². The van der Waals surface area contributed by atoms with Gasteiger partial charge in [0.1, 0.15) is 12.4 Å². The Morgan fingerprint density at radius 3 is 2.49 bits per heavy atom. The fourth-order valence-corrected chi connectivity index (χ4v) is 6.70. The van der Waals surface area contributed by atoms with Gasteiger partial charge in [-0.2, -0.15) is 0 Å². The van der Waals surface area contributed by atoms with Crippen molar-refractivity contribution in [3.63, 3.8) is 0 Å². The molecule has 39 heavy (non-hydrogen) atoms. The fourth-order valence-electron chi connectivity index (χ4n) is 5.86. The summed E-state index contributed by atoms with van der Waals surface area (Å²) in [6.07, 6.45) is 2.43. The third kappa shape index (κ3) is 6.79. The number of thioether (sulfide) groups is 1. The number of hydrogen-bond acceptors (Lipinski definition) is 3. The molecule has 4 nitrogen and oxygen atoms in total. The predicted molar refractivity (Wildman–Crippen MR) is 148 cm³/mol. The van der Waals surface area contributed by atoms with Crippen LogP contribution in [0.5, 0.6) is 0 Å². The number of piperidine rings is 3. The van der Waals surface area contributed by atoms with Gasteiger partial charge in [0.2, 0.25) is 0 Å². The lowest BCUT2D eigenvalue weighted by Gasteiger charge is -2.52. The molecule has 3 fully saturated rings. The molecule has 0 N–H and O–H groups in total. The summed E-state index contributed by atoms with van der Waals surface area (Å²) in [6.45, 7) is 6.03. The molecule has 3 saturated heterocycles. The number of carbonyl (C=O) groups excluding carboxylic acids is 1. The van der Waals surface area contributed by atoms with E-state index in [1.165, 1.54) is 23.1 Å². The number of benzene rings is 3. The minimum Gasteiger partial charge on any atom is -0.440 e. The lowest BCUT2D eigenvalue weighted by Crippen LogP contribution is -2.65. The standard InChI is InChI=1S/C31H34F3N2O2S/c1-22-4-2-5-26(18-22)35(20-23-6-11-28(33)29(34)19-23)31(37)38-30-21-36(15-12-24(30)13-16-36)14-3-17-39-27-9-7-25(32)8-10-27/h2,4-11,18-19,24,30H,3,12-17,20-21H2,1H3/q+1/t24?,30-,36?/m0/s1. The Hall–Kier alpha value is -2.97.